The van der Waals surface area contributed by atoms with Crippen molar-refractivity contribution in [3.8, 4) is 0 Å². The molecule has 0 bridgehead atoms. The fraction of sp³-hybridized carbons (Fsp3) is 0.269. The van der Waals surface area contributed by atoms with E-state index in [1.165, 1.54) is 57.4 Å². The molecule has 3 aromatic rings. The number of benzene rings is 2. The van der Waals surface area contributed by atoms with E-state index in [1.54, 1.807) is 0 Å². The summed E-state index contributed by atoms with van der Waals surface area (Å²) in [6.45, 7) is 6.63. The Morgan fingerprint density at radius 2 is 1.63 bits per heavy atom. The number of rotatable bonds is 5. The Morgan fingerprint density at radius 3 is 2.27 bits per heavy atom. The van der Waals surface area contributed by atoms with Gasteiger partial charge in [0, 0.05) is 0 Å². The molecule has 0 nitrogen and oxygen atoms in total. The molecule has 1 aliphatic rings. The van der Waals surface area contributed by atoms with Crippen molar-refractivity contribution in [1.82, 2.24) is 0 Å². The predicted octanol–water partition coefficient (Wildman–Crippen LogP) is 0.758. The number of hydrogen-bond donors (Lipinski definition) is 0. The van der Waals surface area contributed by atoms with E-state index in [-0.39, 0.29) is 35.3 Å². The summed E-state index contributed by atoms with van der Waals surface area (Å²) in [6.07, 6.45) is 10.5. The zero-order chi connectivity index (χ0) is 19.1. The van der Waals surface area contributed by atoms with E-state index in [2.05, 4.69) is 93.6 Å². The minimum atomic E-state index is 0. The molecule has 4 heteroatoms. The number of fused-ring (bicyclic) bond motifs is 1. The van der Waals surface area contributed by atoms with Crippen molar-refractivity contribution in [3.63, 3.8) is 0 Å². The molecule has 0 N–H and O–H groups in total. The van der Waals surface area contributed by atoms with Crippen LogP contribution >= 0.6 is 8.58 Å². The molecular weight excluding hydrogens is 560 g/mol. The van der Waals surface area contributed by atoms with Gasteiger partial charge in [0.15, 0.2) is 0 Å². The third-order valence-electron chi connectivity index (χ3n) is 5.02. The molecule has 0 saturated heterocycles. The van der Waals surface area contributed by atoms with Crippen molar-refractivity contribution in [2.75, 3.05) is 0 Å². The molecule has 0 radical (unpaired) electrons. The van der Waals surface area contributed by atoms with Crippen molar-refractivity contribution in [2.24, 2.45) is 0 Å². The average molecular weight is 589 g/mol. The quantitative estimate of drug-likeness (QED) is 0.235. The average Bonchev–Trinajstić information content (AvgIpc) is 3.24. The molecule has 1 unspecified atom stereocenters. The van der Waals surface area contributed by atoms with Crippen molar-refractivity contribution < 1.29 is 35.3 Å². The minimum absolute atomic E-state index is 0. The van der Waals surface area contributed by atoms with Crippen molar-refractivity contribution in [2.45, 2.75) is 46.5 Å². The molecule has 1 atom stereocenters. The Labute approximate surface area is 200 Å². The molecule has 0 aliphatic heterocycles. The summed E-state index contributed by atoms with van der Waals surface area (Å²) in [5.74, 6) is 0. The normalized spacial score (nSPS) is 12.2. The Morgan fingerprint density at radius 1 is 0.967 bits per heavy atom. The number of hydrogen-bond acceptors (Lipinski definition) is 0. The Hall–Kier alpha value is -1.31. The molecular formula is C26H29F2HfP. The first-order chi connectivity index (χ1) is 13.2. The van der Waals surface area contributed by atoms with Gasteiger partial charge in [0.25, 0.3) is 0 Å². The second-order valence-electron chi connectivity index (χ2n) is 7.13. The van der Waals surface area contributed by atoms with Crippen LogP contribution in [0.1, 0.15) is 45.1 Å². The summed E-state index contributed by atoms with van der Waals surface area (Å²) in [6, 6.07) is 21.7. The van der Waals surface area contributed by atoms with E-state index in [9.17, 15) is 0 Å². The van der Waals surface area contributed by atoms with Crippen LogP contribution < -0.4 is 20.0 Å². The maximum atomic E-state index is 3.37. The Balaban J connectivity index is 0.000000569. The molecule has 0 aromatic heterocycles. The van der Waals surface area contributed by atoms with Crippen molar-refractivity contribution in [1.29, 1.82) is 0 Å². The zero-order valence-corrected chi connectivity index (χ0v) is 22.5. The number of allylic oxidation sites excluding steroid dienone is 4. The van der Waals surface area contributed by atoms with Gasteiger partial charge in [-0.2, -0.15) is 6.08 Å². The molecule has 1 aliphatic carbocycles. The maximum absolute atomic E-state index is 3.37. The van der Waals surface area contributed by atoms with Crippen LogP contribution in [0.5, 0.6) is 0 Å². The third-order valence-corrected chi connectivity index (χ3v) is 6.56. The summed E-state index contributed by atoms with van der Waals surface area (Å²) < 4.78 is 0. The van der Waals surface area contributed by atoms with Gasteiger partial charge >= 0.3 is 25.8 Å². The largest absolute Gasteiger partial charge is 4.00 e. The summed E-state index contributed by atoms with van der Waals surface area (Å²) in [4.78, 5) is 0. The first-order valence-electron chi connectivity index (χ1n) is 9.93. The third kappa shape index (κ3) is 7.75. The molecule has 0 spiro atoms. The summed E-state index contributed by atoms with van der Waals surface area (Å²) >= 11 is 0. The number of unbranched alkanes of at least 4 members (excludes halogenated alkanes) is 1. The van der Waals surface area contributed by atoms with Crippen molar-refractivity contribution >= 4 is 30.0 Å². The smallest absolute Gasteiger partial charge is 1.00 e. The Kier molecular flexibility index (Phi) is 14.0. The van der Waals surface area contributed by atoms with Crippen molar-refractivity contribution in [3.05, 3.63) is 89.5 Å². The molecule has 0 fully saturated rings. The molecule has 156 valence electrons. The van der Waals surface area contributed by atoms with Gasteiger partial charge in [0.2, 0.25) is 0 Å². The van der Waals surface area contributed by atoms with Crippen LogP contribution in [0.4, 0.5) is 0 Å². The van der Waals surface area contributed by atoms with Gasteiger partial charge in [-0.1, -0.05) is 69.5 Å². The van der Waals surface area contributed by atoms with Gasteiger partial charge in [-0.25, -0.2) is 11.1 Å². The van der Waals surface area contributed by atoms with Gasteiger partial charge in [0.05, 0.1) is 0 Å². The summed E-state index contributed by atoms with van der Waals surface area (Å²) in [5, 5.41) is 5.68. The van der Waals surface area contributed by atoms with E-state index >= 15 is 0 Å². The molecule has 30 heavy (non-hydrogen) atoms. The van der Waals surface area contributed by atoms with E-state index in [0.29, 0.717) is 0 Å². The fourth-order valence-corrected chi connectivity index (χ4v) is 4.71. The Bertz CT molecular complexity index is 942. The summed E-state index contributed by atoms with van der Waals surface area (Å²) in [5.41, 5.74) is 4.32. The van der Waals surface area contributed by atoms with E-state index < -0.39 is 0 Å². The van der Waals surface area contributed by atoms with Crippen LogP contribution in [-0.4, -0.2) is 0 Å². The molecule has 0 saturated carbocycles. The van der Waals surface area contributed by atoms with Crippen LogP contribution in [0.3, 0.4) is 0 Å². The first-order valence-corrected chi connectivity index (χ1v) is 10.9. The molecule has 0 heterocycles. The standard InChI is InChI=1S/C16H14P.C10H15.2FH.Hf/c1-12-11-13-7-5-6-10-15(13)16(12)17-14-8-3-2-4-9-14;1-3-4-7-10-8-5-6-9(10)2;;;/h2-11,17H,1H3;6H,3-5,7H2,1-2H3;2*1H;/q2*-1;;;+4/p-2. The molecule has 0 amide bonds. The molecule has 4 rings (SSSR count). The fourth-order valence-electron chi connectivity index (χ4n) is 3.43. The topological polar surface area (TPSA) is 0 Å². The number of aryl methyl sites for hydroxylation is 1. The minimum Gasteiger partial charge on any atom is -1.00 e. The molecule has 3 aromatic carbocycles. The van der Waals surface area contributed by atoms with Crippen LogP contribution in [-0.2, 0) is 25.8 Å². The number of halogens is 2. The summed E-state index contributed by atoms with van der Waals surface area (Å²) in [7, 11) is 0.754. The first kappa shape index (κ1) is 28.7. The monoisotopic (exact) mass is 590 g/mol. The van der Waals surface area contributed by atoms with Gasteiger partial charge in [-0.3, -0.25) is 6.08 Å². The van der Waals surface area contributed by atoms with E-state index in [4.69, 9.17) is 0 Å². The maximum Gasteiger partial charge on any atom is 4.00 e. The van der Waals surface area contributed by atoms with Gasteiger partial charge in [0.1, 0.15) is 0 Å². The van der Waals surface area contributed by atoms with E-state index in [1.807, 2.05) is 0 Å². The second-order valence-corrected chi connectivity index (χ2v) is 8.46. The van der Waals surface area contributed by atoms with Crippen LogP contribution in [0.15, 0.2) is 77.9 Å². The second kappa shape index (κ2) is 14.7. The van der Waals surface area contributed by atoms with Gasteiger partial charge < -0.3 is 9.41 Å². The SMILES string of the molecule is CCCCC1=[C-]CC=C1C.Cc1[cH-]c2ccccc2c1Pc1ccccc1.[F-].[F-].[Hf+4]. The van der Waals surface area contributed by atoms with Gasteiger partial charge in [-0.05, 0) is 5.30 Å². The van der Waals surface area contributed by atoms with Gasteiger partial charge in [-0.15, -0.1) is 67.8 Å². The zero-order valence-electron chi connectivity index (χ0n) is 17.9. The predicted molar refractivity (Wildman–Crippen MR) is 123 cm³/mol. The van der Waals surface area contributed by atoms with Crippen LogP contribution in [0.2, 0.25) is 0 Å². The van der Waals surface area contributed by atoms with Crippen LogP contribution in [0.25, 0.3) is 10.8 Å². The van der Waals surface area contributed by atoms with E-state index in [0.717, 1.165) is 15.0 Å². The van der Waals surface area contributed by atoms with Crippen LogP contribution in [0, 0.1) is 13.0 Å².